The number of benzene rings is 1. The molecule has 1 heterocycles. The summed E-state index contributed by atoms with van der Waals surface area (Å²) in [6, 6.07) is 9.94. The van der Waals surface area contributed by atoms with Crippen LogP contribution in [-0.4, -0.2) is 23.6 Å². The fourth-order valence-corrected chi connectivity index (χ4v) is 1.79. The van der Waals surface area contributed by atoms with Crippen LogP contribution in [0.1, 0.15) is 11.3 Å². The number of ether oxygens (including phenoxy) is 1. The lowest BCUT2D eigenvalue weighted by atomic mass is 10.2. The SMILES string of the molecule is COc1ccc(/C=C/c2cc(SC)n[nH]2)cc1. The van der Waals surface area contributed by atoms with Crippen LogP contribution in [0.5, 0.6) is 5.75 Å². The largest absolute Gasteiger partial charge is 0.497 e. The smallest absolute Gasteiger partial charge is 0.118 e. The molecule has 0 amide bonds. The minimum atomic E-state index is 0.869. The first-order valence-corrected chi connectivity index (χ1v) is 6.46. The highest BCUT2D eigenvalue weighted by molar-refractivity contribution is 7.98. The summed E-state index contributed by atoms with van der Waals surface area (Å²) in [5, 5.41) is 8.11. The lowest BCUT2D eigenvalue weighted by Gasteiger charge is -1.98. The molecule has 17 heavy (non-hydrogen) atoms. The molecule has 2 aromatic rings. The third kappa shape index (κ3) is 3.14. The monoisotopic (exact) mass is 246 g/mol. The highest BCUT2D eigenvalue weighted by Crippen LogP contribution is 2.15. The van der Waals surface area contributed by atoms with E-state index in [-0.39, 0.29) is 0 Å². The van der Waals surface area contributed by atoms with Gasteiger partial charge in [0.25, 0.3) is 0 Å². The predicted molar refractivity (Wildman–Crippen MR) is 72.3 cm³/mol. The molecule has 2 rings (SSSR count). The number of aromatic nitrogens is 2. The molecule has 0 atom stereocenters. The first-order valence-electron chi connectivity index (χ1n) is 5.23. The minimum Gasteiger partial charge on any atom is -0.497 e. The van der Waals surface area contributed by atoms with Crippen molar-refractivity contribution in [1.82, 2.24) is 10.2 Å². The molecule has 0 spiro atoms. The average Bonchev–Trinajstić information content (AvgIpc) is 2.85. The van der Waals surface area contributed by atoms with Crippen LogP contribution in [0.25, 0.3) is 12.2 Å². The predicted octanol–water partition coefficient (Wildman–Crippen LogP) is 3.31. The molecule has 0 aliphatic heterocycles. The zero-order valence-corrected chi connectivity index (χ0v) is 10.6. The van der Waals surface area contributed by atoms with Crippen molar-refractivity contribution in [2.75, 3.05) is 13.4 Å². The first kappa shape index (κ1) is 11.8. The Bertz CT molecular complexity index is 502. The van der Waals surface area contributed by atoms with Crippen molar-refractivity contribution in [3.63, 3.8) is 0 Å². The zero-order valence-electron chi connectivity index (χ0n) is 9.81. The molecule has 1 aromatic heterocycles. The number of hydrogen-bond acceptors (Lipinski definition) is 3. The Morgan fingerprint density at radius 1 is 1.24 bits per heavy atom. The second-order valence-corrected chi connectivity index (χ2v) is 4.30. The molecule has 88 valence electrons. The fourth-order valence-electron chi connectivity index (χ4n) is 1.41. The van der Waals surface area contributed by atoms with Gasteiger partial charge in [0.1, 0.15) is 10.8 Å². The second kappa shape index (κ2) is 5.59. The van der Waals surface area contributed by atoms with Gasteiger partial charge >= 0.3 is 0 Å². The van der Waals surface area contributed by atoms with Crippen molar-refractivity contribution in [2.24, 2.45) is 0 Å². The lowest BCUT2D eigenvalue weighted by Crippen LogP contribution is -1.81. The maximum atomic E-state index is 5.11. The number of H-pyrrole nitrogens is 1. The van der Waals surface area contributed by atoms with Crippen LogP contribution < -0.4 is 4.74 Å². The summed E-state index contributed by atoms with van der Waals surface area (Å²) in [4.78, 5) is 0. The summed E-state index contributed by atoms with van der Waals surface area (Å²) in [6.07, 6.45) is 6.05. The number of aromatic amines is 1. The van der Waals surface area contributed by atoms with E-state index in [2.05, 4.69) is 10.2 Å². The molecule has 0 bridgehead atoms. The van der Waals surface area contributed by atoms with Crippen molar-refractivity contribution in [3.05, 3.63) is 41.6 Å². The van der Waals surface area contributed by atoms with E-state index in [0.717, 1.165) is 22.0 Å². The highest BCUT2D eigenvalue weighted by atomic mass is 32.2. The molecule has 3 nitrogen and oxygen atoms in total. The van der Waals surface area contributed by atoms with Crippen LogP contribution in [-0.2, 0) is 0 Å². The Balaban J connectivity index is 2.08. The molecule has 1 aromatic carbocycles. The van der Waals surface area contributed by atoms with Crippen molar-refractivity contribution in [1.29, 1.82) is 0 Å². The first-order chi connectivity index (χ1) is 8.31. The van der Waals surface area contributed by atoms with Gasteiger partial charge < -0.3 is 4.74 Å². The van der Waals surface area contributed by atoms with E-state index in [4.69, 9.17) is 4.74 Å². The lowest BCUT2D eigenvalue weighted by molar-refractivity contribution is 0.415. The quantitative estimate of drug-likeness (QED) is 0.841. The summed E-state index contributed by atoms with van der Waals surface area (Å²) >= 11 is 1.62. The molecule has 1 N–H and O–H groups in total. The minimum absolute atomic E-state index is 0.869. The van der Waals surface area contributed by atoms with Crippen LogP contribution in [0, 0.1) is 0 Å². The second-order valence-electron chi connectivity index (χ2n) is 3.47. The van der Waals surface area contributed by atoms with Gasteiger partial charge in [0.15, 0.2) is 0 Å². The number of nitrogens with one attached hydrogen (secondary N) is 1. The molecule has 0 aliphatic rings. The van der Waals surface area contributed by atoms with Gasteiger partial charge in [0.2, 0.25) is 0 Å². The third-order valence-corrected chi connectivity index (χ3v) is 2.98. The molecule has 0 radical (unpaired) electrons. The van der Waals surface area contributed by atoms with E-state index in [1.807, 2.05) is 48.7 Å². The van der Waals surface area contributed by atoms with Crippen LogP contribution >= 0.6 is 11.8 Å². The van der Waals surface area contributed by atoms with E-state index >= 15 is 0 Å². The molecule has 0 aliphatic carbocycles. The van der Waals surface area contributed by atoms with Crippen LogP contribution in [0.3, 0.4) is 0 Å². The van der Waals surface area contributed by atoms with Gasteiger partial charge in [-0.25, -0.2) is 0 Å². The van der Waals surface area contributed by atoms with Gasteiger partial charge in [-0.3, -0.25) is 5.10 Å². The molecule has 0 saturated carbocycles. The zero-order chi connectivity index (χ0) is 12.1. The summed E-state index contributed by atoms with van der Waals surface area (Å²) in [7, 11) is 1.67. The topological polar surface area (TPSA) is 37.9 Å². The normalized spacial score (nSPS) is 10.9. The van der Waals surface area contributed by atoms with Crippen LogP contribution in [0.2, 0.25) is 0 Å². The van der Waals surface area contributed by atoms with Crippen molar-refractivity contribution >= 4 is 23.9 Å². The number of nitrogens with zero attached hydrogens (tertiary/aromatic N) is 1. The Morgan fingerprint density at radius 3 is 2.59 bits per heavy atom. The summed E-state index contributed by atoms with van der Waals surface area (Å²) in [6.45, 7) is 0. The Morgan fingerprint density at radius 2 is 2.00 bits per heavy atom. The van der Waals surface area contributed by atoms with Gasteiger partial charge in [0, 0.05) is 0 Å². The molecular weight excluding hydrogens is 232 g/mol. The van der Waals surface area contributed by atoms with Gasteiger partial charge in [-0.15, -0.1) is 11.8 Å². The number of hydrogen-bond donors (Lipinski definition) is 1. The molecular formula is C13H14N2OS. The molecule has 0 saturated heterocycles. The Kier molecular flexibility index (Phi) is 3.88. The maximum absolute atomic E-state index is 5.11. The maximum Gasteiger partial charge on any atom is 0.118 e. The van der Waals surface area contributed by atoms with Gasteiger partial charge in [0.05, 0.1) is 12.8 Å². The highest BCUT2D eigenvalue weighted by Gasteiger charge is 1.95. The fraction of sp³-hybridized carbons (Fsp3) is 0.154. The van der Waals surface area contributed by atoms with E-state index in [9.17, 15) is 0 Å². The van der Waals surface area contributed by atoms with Gasteiger partial charge in [-0.1, -0.05) is 18.2 Å². The van der Waals surface area contributed by atoms with E-state index < -0.39 is 0 Å². The standard InChI is InChI=1S/C13H14N2OS/c1-16-12-7-4-10(5-8-12)3-6-11-9-13(17-2)15-14-11/h3-9H,1-2H3,(H,14,15)/b6-3+. The van der Waals surface area contributed by atoms with E-state index in [1.54, 1.807) is 18.9 Å². The molecule has 0 unspecified atom stereocenters. The van der Waals surface area contributed by atoms with Crippen molar-refractivity contribution in [2.45, 2.75) is 5.03 Å². The Hall–Kier alpha value is -1.68. The number of rotatable bonds is 4. The van der Waals surface area contributed by atoms with E-state index in [1.165, 1.54) is 0 Å². The van der Waals surface area contributed by atoms with Crippen molar-refractivity contribution in [3.8, 4) is 5.75 Å². The van der Waals surface area contributed by atoms with Crippen LogP contribution in [0.15, 0.2) is 35.4 Å². The molecule has 0 fully saturated rings. The summed E-state index contributed by atoms with van der Waals surface area (Å²) in [5.41, 5.74) is 2.14. The van der Waals surface area contributed by atoms with E-state index in [0.29, 0.717) is 0 Å². The van der Waals surface area contributed by atoms with Crippen molar-refractivity contribution < 1.29 is 4.74 Å². The molecule has 4 heteroatoms. The van der Waals surface area contributed by atoms with Crippen LogP contribution in [0.4, 0.5) is 0 Å². The summed E-state index contributed by atoms with van der Waals surface area (Å²) < 4.78 is 5.11. The number of methoxy groups -OCH3 is 1. The summed E-state index contributed by atoms with van der Waals surface area (Å²) in [5.74, 6) is 0.869. The third-order valence-electron chi connectivity index (χ3n) is 2.35. The van der Waals surface area contributed by atoms with Gasteiger partial charge in [-0.2, -0.15) is 5.10 Å². The Labute approximate surface area is 105 Å². The van der Waals surface area contributed by atoms with Gasteiger partial charge in [-0.05, 0) is 36.1 Å². The average molecular weight is 246 g/mol. The number of thioether (sulfide) groups is 1.